The van der Waals surface area contributed by atoms with E-state index in [-0.39, 0.29) is 0 Å². The van der Waals surface area contributed by atoms with Crippen LogP contribution in [0.15, 0.2) is 77.2 Å². The number of benzene rings is 4. The molecule has 4 aromatic carbocycles. The lowest BCUT2D eigenvalue weighted by Gasteiger charge is -2.16. The Labute approximate surface area is 211 Å². The van der Waals surface area contributed by atoms with E-state index in [1.165, 1.54) is 53.2 Å². The summed E-state index contributed by atoms with van der Waals surface area (Å²) in [5.41, 5.74) is 2.74. The second-order valence-electron chi connectivity index (χ2n) is 10.6. The van der Waals surface area contributed by atoms with Crippen LogP contribution in [0, 0.1) is 0 Å². The summed E-state index contributed by atoms with van der Waals surface area (Å²) in [5.74, 6) is 3.54. The first kappa shape index (κ1) is 22.4. The van der Waals surface area contributed by atoms with Gasteiger partial charge in [0.15, 0.2) is 0 Å². The Morgan fingerprint density at radius 1 is 0.686 bits per heavy atom. The zero-order valence-corrected chi connectivity index (χ0v) is 22.0. The lowest BCUT2D eigenvalue weighted by molar-refractivity contribution is 0.438. The van der Waals surface area contributed by atoms with Crippen molar-refractivity contribution in [1.82, 2.24) is 0 Å². The molecule has 0 aliphatic heterocycles. The maximum absolute atomic E-state index is 6.07. The molecule has 1 atom stereocenters. The van der Waals surface area contributed by atoms with Crippen molar-refractivity contribution in [3.8, 4) is 10.4 Å². The predicted octanol–water partition coefficient (Wildman–Crippen LogP) is 10.5. The van der Waals surface area contributed by atoms with Crippen molar-refractivity contribution < 1.29 is 4.42 Å². The molecule has 0 saturated carbocycles. The molecule has 0 aliphatic carbocycles. The molecule has 0 amide bonds. The third-order valence-electron chi connectivity index (χ3n) is 7.41. The minimum absolute atomic E-state index is 0.430. The van der Waals surface area contributed by atoms with Crippen molar-refractivity contribution in [3.05, 3.63) is 94.8 Å². The molecule has 2 heteroatoms. The highest BCUT2D eigenvalue weighted by atomic mass is 32.1. The summed E-state index contributed by atoms with van der Waals surface area (Å²) in [7, 11) is 0. The molecule has 0 radical (unpaired) electrons. The fraction of sp³-hybridized carbons (Fsp3) is 0.273. The standard InChI is InChI=1S/C33H32OS/c1-19(2)27-11-8-22-6-7-23-17-25(18-24-9-12-28(27)33(22)32(23)24)31-15-14-30(35-31)21(5)16-26-10-13-29(34-26)20(3)4/h6-15,17-21H,16H2,1-5H3. The highest BCUT2D eigenvalue weighted by Crippen LogP contribution is 2.41. The first-order valence-electron chi connectivity index (χ1n) is 12.8. The van der Waals surface area contributed by atoms with Crippen LogP contribution in [-0.2, 0) is 6.42 Å². The van der Waals surface area contributed by atoms with Gasteiger partial charge in [-0.05, 0) is 91.7 Å². The summed E-state index contributed by atoms with van der Waals surface area (Å²) < 4.78 is 6.07. The molecule has 176 valence electrons. The fourth-order valence-electron chi connectivity index (χ4n) is 5.48. The van der Waals surface area contributed by atoms with Crippen molar-refractivity contribution in [2.45, 2.75) is 58.8 Å². The van der Waals surface area contributed by atoms with Crippen molar-refractivity contribution in [1.29, 1.82) is 0 Å². The molecule has 0 spiro atoms. The number of hydrogen-bond acceptors (Lipinski definition) is 2. The number of furan rings is 1. The average Bonchev–Trinajstić information content (AvgIpc) is 3.52. The van der Waals surface area contributed by atoms with Gasteiger partial charge in [-0.15, -0.1) is 11.3 Å². The summed E-state index contributed by atoms with van der Waals surface area (Å²) in [6, 6.07) is 27.5. The molecule has 2 aromatic heterocycles. The molecule has 0 bridgehead atoms. The number of thiophene rings is 1. The summed E-state index contributed by atoms with van der Waals surface area (Å²) in [5, 5.41) is 8.20. The Hall–Kier alpha value is -3.10. The Balaban J connectivity index is 1.37. The highest BCUT2D eigenvalue weighted by molar-refractivity contribution is 7.15. The predicted molar refractivity (Wildman–Crippen MR) is 152 cm³/mol. The van der Waals surface area contributed by atoms with Gasteiger partial charge in [0.05, 0.1) is 0 Å². The Morgan fingerprint density at radius 2 is 1.40 bits per heavy atom. The van der Waals surface area contributed by atoms with E-state index in [0.717, 1.165) is 17.9 Å². The van der Waals surface area contributed by atoms with Crippen LogP contribution >= 0.6 is 11.3 Å². The smallest absolute Gasteiger partial charge is 0.106 e. The topological polar surface area (TPSA) is 13.1 Å². The van der Waals surface area contributed by atoms with Crippen LogP contribution in [0.25, 0.3) is 42.8 Å². The molecule has 6 rings (SSSR count). The van der Waals surface area contributed by atoms with Gasteiger partial charge in [0, 0.05) is 22.1 Å². The van der Waals surface area contributed by atoms with E-state index in [0.29, 0.717) is 17.8 Å². The zero-order valence-electron chi connectivity index (χ0n) is 21.2. The molecule has 0 aliphatic rings. The molecular weight excluding hydrogens is 444 g/mol. The van der Waals surface area contributed by atoms with Crippen molar-refractivity contribution >= 4 is 43.7 Å². The average molecular weight is 477 g/mol. The third-order valence-corrected chi connectivity index (χ3v) is 8.78. The van der Waals surface area contributed by atoms with Crippen LogP contribution in [0.5, 0.6) is 0 Å². The summed E-state index contributed by atoms with van der Waals surface area (Å²) in [4.78, 5) is 2.75. The van der Waals surface area contributed by atoms with Crippen molar-refractivity contribution in [2.75, 3.05) is 0 Å². The quantitative estimate of drug-likeness (QED) is 0.218. The Kier molecular flexibility index (Phi) is 5.45. The molecule has 6 aromatic rings. The van der Waals surface area contributed by atoms with Crippen LogP contribution in [0.1, 0.15) is 74.3 Å². The minimum atomic E-state index is 0.430. The molecule has 0 N–H and O–H groups in total. The SMILES string of the molecule is CC(C)c1ccc(CC(C)c2ccc(-c3cc4ccc5ccc(C(C)C)c6ccc(c3)c4c56)s2)o1. The molecule has 1 nitrogen and oxygen atoms in total. The summed E-state index contributed by atoms with van der Waals surface area (Å²) in [6.45, 7) is 11.2. The van der Waals surface area contributed by atoms with E-state index in [9.17, 15) is 0 Å². The zero-order chi connectivity index (χ0) is 24.3. The number of rotatable bonds is 6. The third kappa shape index (κ3) is 3.85. The monoisotopic (exact) mass is 476 g/mol. The van der Waals surface area contributed by atoms with E-state index in [1.54, 1.807) is 0 Å². The van der Waals surface area contributed by atoms with E-state index in [4.69, 9.17) is 4.42 Å². The molecular formula is C33H32OS. The normalized spacial score (nSPS) is 13.2. The fourth-order valence-corrected chi connectivity index (χ4v) is 6.52. The molecule has 0 fully saturated rings. The van der Waals surface area contributed by atoms with Gasteiger partial charge in [-0.3, -0.25) is 0 Å². The summed E-state index contributed by atoms with van der Waals surface area (Å²) >= 11 is 1.91. The van der Waals surface area contributed by atoms with Gasteiger partial charge in [0.2, 0.25) is 0 Å². The van der Waals surface area contributed by atoms with E-state index in [2.05, 4.69) is 107 Å². The van der Waals surface area contributed by atoms with Gasteiger partial charge in [0.1, 0.15) is 11.5 Å². The van der Waals surface area contributed by atoms with Gasteiger partial charge < -0.3 is 4.42 Å². The van der Waals surface area contributed by atoms with Gasteiger partial charge in [-0.1, -0.05) is 71.0 Å². The van der Waals surface area contributed by atoms with Gasteiger partial charge >= 0.3 is 0 Å². The van der Waals surface area contributed by atoms with E-state index in [1.807, 2.05) is 11.3 Å². The van der Waals surface area contributed by atoms with Crippen molar-refractivity contribution in [2.24, 2.45) is 0 Å². The maximum atomic E-state index is 6.07. The highest BCUT2D eigenvalue weighted by Gasteiger charge is 2.16. The maximum Gasteiger partial charge on any atom is 0.106 e. The molecule has 35 heavy (non-hydrogen) atoms. The van der Waals surface area contributed by atoms with E-state index >= 15 is 0 Å². The molecule has 2 heterocycles. The van der Waals surface area contributed by atoms with Crippen LogP contribution in [-0.4, -0.2) is 0 Å². The first-order valence-corrected chi connectivity index (χ1v) is 13.6. The van der Waals surface area contributed by atoms with Crippen LogP contribution in [0.2, 0.25) is 0 Å². The van der Waals surface area contributed by atoms with Gasteiger partial charge in [-0.2, -0.15) is 0 Å². The Bertz CT molecular complexity index is 1630. The Morgan fingerprint density at radius 3 is 2.11 bits per heavy atom. The van der Waals surface area contributed by atoms with E-state index < -0.39 is 0 Å². The first-order chi connectivity index (χ1) is 16.9. The minimum Gasteiger partial charge on any atom is -0.466 e. The van der Waals surface area contributed by atoms with Crippen LogP contribution < -0.4 is 0 Å². The van der Waals surface area contributed by atoms with Crippen LogP contribution in [0.3, 0.4) is 0 Å². The van der Waals surface area contributed by atoms with Gasteiger partial charge in [0.25, 0.3) is 0 Å². The molecule has 1 unspecified atom stereocenters. The summed E-state index contributed by atoms with van der Waals surface area (Å²) in [6.07, 6.45) is 0.936. The second kappa shape index (κ2) is 8.53. The lowest BCUT2D eigenvalue weighted by atomic mass is 9.88. The van der Waals surface area contributed by atoms with Gasteiger partial charge in [-0.25, -0.2) is 0 Å². The largest absolute Gasteiger partial charge is 0.466 e. The number of hydrogen-bond donors (Lipinski definition) is 0. The second-order valence-corrected chi connectivity index (χ2v) is 11.8. The lowest BCUT2D eigenvalue weighted by Crippen LogP contribution is -1.94. The molecule has 0 saturated heterocycles. The van der Waals surface area contributed by atoms with Crippen molar-refractivity contribution in [3.63, 3.8) is 0 Å². The van der Waals surface area contributed by atoms with Crippen LogP contribution in [0.4, 0.5) is 0 Å².